The van der Waals surface area contributed by atoms with Crippen LogP contribution in [0.4, 0.5) is 13.2 Å². The van der Waals surface area contributed by atoms with Gasteiger partial charge in [-0.15, -0.1) is 0 Å². The lowest BCUT2D eigenvalue weighted by molar-refractivity contribution is -0.137. The lowest BCUT2D eigenvalue weighted by Crippen LogP contribution is -2.20. The first kappa shape index (κ1) is 28.0. The minimum Gasteiger partial charge on any atom is -0.478 e. The monoisotopic (exact) mass is 574 g/mol. The van der Waals surface area contributed by atoms with Crippen molar-refractivity contribution in [2.24, 2.45) is 5.10 Å². The average Bonchev–Trinajstić information content (AvgIpc) is 3.24. The first-order valence-electron chi connectivity index (χ1n) is 12.4. The molecule has 2 heterocycles. The van der Waals surface area contributed by atoms with Crippen molar-refractivity contribution < 1.29 is 33.0 Å². The summed E-state index contributed by atoms with van der Waals surface area (Å²) in [6.07, 6.45) is -3.27. The normalized spacial score (nSPS) is 11.8. The predicted octanol–water partition coefficient (Wildman–Crippen LogP) is 5.77. The van der Waals surface area contributed by atoms with Crippen LogP contribution in [-0.2, 0) is 6.18 Å². The van der Waals surface area contributed by atoms with Crippen LogP contribution in [0.3, 0.4) is 0 Å². The molecule has 2 N–H and O–H groups in total. The first-order valence-corrected chi connectivity index (χ1v) is 12.4. The minimum absolute atomic E-state index is 0.0296. The highest BCUT2D eigenvalue weighted by molar-refractivity contribution is 5.95. The molecule has 212 valence electrons. The van der Waals surface area contributed by atoms with Crippen molar-refractivity contribution in [3.63, 3.8) is 0 Å². The van der Waals surface area contributed by atoms with E-state index in [0.29, 0.717) is 17.0 Å². The van der Waals surface area contributed by atoms with E-state index in [9.17, 15) is 37.8 Å². The standard InChI is InChI=1S/C30H21F3N4O5/c1-16-10-21(17(2)36(16)23-13-19(28(39)40)11-20(14-23)29(41)42)15-34-37-26(18-6-5-7-22(12-18)30(31,32)33)35-25-9-4-3-8-24(25)27(37)38/h3-15H,1-2H3,(H,39,40)(H,41,42). The Balaban J connectivity index is 1.67. The summed E-state index contributed by atoms with van der Waals surface area (Å²) in [5.74, 6) is -2.70. The van der Waals surface area contributed by atoms with Gasteiger partial charge in [-0.05, 0) is 62.4 Å². The Kier molecular flexibility index (Phi) is 6.98. The zero-order valence-corrected chi connectivity index (χ0v) is 22.0. The number of carbonyl (C=O) groups is 2. The van der Waals surface area contributed by atoms with Gasteiger partial charge in [-0.2, -0.15) is 22.9 Å². The summed E-state index contributed by atoms with van der Waals surface area (Å²) in [5.41, 5.74) is 0.293. The molecule has 0 aliphatic carbocycles. The van der Waals surface area contributed by atoms with Crippen LogP contribution in [0, 0.1) is 13.8 Å². The van der Waals surface area contributed by atoms with Gasteiger partial charge in [0.25, 0.3) is 5.56 Å². The number of alkyl halides is 3. The molecule has 3 aromatic carbocycles. The molecule has 0 aliphatic heterocycles. The first-order chi connectivity index (χ1) is 19.8. The predicted molar refractivity (Wildman–Crippen MR) is 149 cm³/mol. The number of hydrogen-bond donors (Lipinski definition) is 2. The van der Waals surface area contributed by atoms with E-state index in [1.54, 1.807) is 42.7 Å². The van der Waals surface area contributed by atoms with E-state index in [1.807, 2.05) is 0 Å². The summed E-state index contributed by atoms with van der Waals surface area (Å²) in [6, 6.07) is 16.2. The summed E-state index contributed by atoms with van der Waals surface area (Å²) in [6.45, 7) is 3.41. The van der Waals surface area contributed by atoms with Gasteiger partial charge in [-0.1, -0.05) is 24.3 Å². The Labute approximate surface area is 235 Å². The molecule has 0 radical (unpaired) electrons. The van der Waals surface area contributed by atoms with Gasteiger partial charge in [0.2, 0.25) is 0 Å². The Bertz CT molecular complexity index is 1960. The van der Waals surface area contributed by atoms with Gasteiger partial charge in [0.15, 0.2) is 5.82 Å². The fourth-order valence-electron chi connectivity index (χ4n) is 4.68. The van der Waals surface area contributed by atoms with E-state index in [4.69, 9.17) is 0 Å². The molecule has 0 saturated heterocycles. The van der Waals surface area contributed by atoms with Crippen molar-refractivity contribution in [3.8, 4) is 17.1 Å². The molecule has 0 atom stereocenters. The van der Waals surface area contributed by atoms with Crippen LogP contribution in [0.25, 0.3) is 28.0 Å². The van der Waals surface area contributed by atoms with Gasteiger partial charge in [0, 0.05) is 28.2 Å². The highest BCUT2D eigenvalue weighted by Crippen LogP contribution is 2.32. The number of aromatic nitrogens is 3. The third-order valence-corrected chi connectivity index (χ3v) is 6.65. The molecule has 0 fully saturated rings. The SMILES string of the molecule is Cc1cc(C=Nn2c(-c3cccc(C(F)(F)F)c3)nc3ccccc3c2=O)c(C)n1-c1cc(C(=O)O)cc(C(=O)O)c1. The smallest absolute Gasteiger partial charge is 0.416 e. The van der Waals surface area contributed by atoms with Gasteiger partial charge in [-0.3, -0.25) is 4.79 Å². The van der Waals surface area contributed by atoms with Crippen LogP contribution in [0.5, 0.6) is 0 Å². The Hall–Kier alpha value is -5.52. The number of hydrogen-bond acceptors (Lipinski definition) is 5. The van der Waals surface area contributed by atoms with Crippen LogP contribution in [0.15, 0.2) is 82.7 Å². The second-order valence-corrected chi connectivity index (χ2v) is 9.43. The largest absolute Gasteiger partial charge is 0.478 e. The Morgan fingerprint density at radius 3 is 2.21 bits per heavy atom. The molecule has 0 amide bonds. The molecule has 0 aliphatic rings. The molecule has 2 aromatic heterocycles. The quantitative estimate of drug-likeness (QED) is 0.248. The number of carboxylic acid groups (broad SMARTS) is 2. The van der Waals surface area contributed by atoms with Gasteiger partial charge in [-0.25, -0.2) is 14.6 Å². The second kappa shape index (κ2) is 10.5. The number of aryl methyl sites for hydroxylation is 1. The van der Waals surface area contributed by atoms with Crippen LogP contribution in [0.1, 0.15) is 43.2 Å². The van der Waals surface area contributed by atoms with E-state index >= 15 is 0 Å². The lowest BCUT2D eigenvalue weighted by atomic mass is 10.1. The maximum atomic E-state index is 13.5. The summed E-state index contributed by atoms with van der Waals surface area (Å²) < 4.78 is 43.0. The lowest BCUT2D eigenvalue weighted by Gasteiger charge is -2.12. The number of para-hydroxylation sites is 1. The number of halogens is 3. The maximum absolute atomic E-state index is 13.5. The zero-order chi connectivity index (χ0) is 30.3. The molecule has 42 heavy (non-hydrogen) atoms. The van der Waals surface area contributed by atoms with Crippen molar-refractivity contribution in [3.05, 3.63) is 117 Å². The molecule has 12 heteroatoms. The highest BCUT2D eigenvalue weighted by atomic mass is 19.4. The molecule has 0 spiro atoms. The molecule has 9 nitrogen and oxygen atoms in total. The van der Waals surface area contributed by atoms with Crippen molar-refractivity contribution in [1.29, 1.82) is 0 Å². The van der Waals surface area contributed by atoms with E-state index in [2.05, 4.69) is 10.1 Å². The summed E-state index contributed by atoms with van der Waals surface area (Å²) in [7, 11) is 0. The van der Waals surface area contributed by atoms with Crippen LogP contribution in [-0.4, -0.2) is 42.6 Å². The van der Waals surface area contributed by atoms with Gasteiger partial charge < -0.3 is 14.8 Å². The number of carboxylic acids is 2. The number of aromatic carboxylic acids is 2. The summed E-state index contributed by atoms with van der Waals surface area (Å²) in [5, 5.41) is 23.5. The van der Waals surface area contributed by atoms with Crippen molar-refractivity contribution in [2.75, 3.05) is 0 Å². The van der Waals surface area contributed by atoms with Crippen molar-refractivity contribution in [1.82, 2.24) is 14.2 Å². The number of fused-ring (bicyclic) bond motifs is 1. The molecular formula is C30H21F3N4O5. The van der Waals surface area contributed by atoms with Crippen LogP contribution < -0.4 is 5.56 Å². The zero-order valence-electron chi connectivity index (χ0n) is 22.0. The molecule has 0 unspecified atom stereocenters. The third-order valence-electron chi connectivity index (χ3n) is 6.65. The van der Waals surface area contributed by atoms with Crippen LogP contribution >= 0.6 is 0 Å². The van der Waals surface area contributed by atoms with E-state index < -0.39 is 29.2 Å². The van der Waals surface area contributed by atoms with Gasteiger partial charge >= 0.3 is 18.1 Å². The third kappa shape index (κ3) is 5.17. The molecular weight excluding hydrogens is 553 g/mol. The summed E-state index contributed by atoms with van der Waals surface area (Å²) in [4.78, 5) is 41.2. The minimum atomic E-state index is -4.61. The molecule has 0 bridgehead atoms. The molecule has 5 aromatic rings. The maximum Gasteiger partial charge on any atom is 0.416 e. The number of benzene rings is 3. The fourth-order valence-corrected chi connectivity index (χ4v) is 4.68. The molecule has 0 saturated carbocycles. The van der Waals surface area contributed by atoms with Crippen molar-refractivity contribution >= 4 is 29.1 Å². The number of rotatable bonds is 6. The average molecular weight is 575 g/mol. The summed E-state index contributed by atoms with van der Waals surface area (Å²) >= 11 is 0. The Morgan fingerprint density at radius 1 is 0.905 bits per heavy atom. The van der Waals surface area contributed by atoms with Crippen LogP contribution in [0.2, 0.25) is 0 Å². The van der Waals surface area contributed by atoms with Crippen molar-refractivity contribution in [2.45, 2.75) is 20.0 Å². The van der Waals surface area contributed by atoms with E-state index in [-0.39, 0.29) is 39.1 Å². The topological polar surface area (TPSA) is 127 Å². The number of nitrogens with zero attached hydrogens (tertiary/aromatic N) is 4. The van der Waals surface area contributed by atoms with Gasteiger partial charge in [0.05, 0.1) is 33.8 Å². The second-order valence-electron chi connectivity index (χ2n) is 9.43. The Morgan fingerprint density at radius 2 is 1.57 bits per heavy atom. The molecule has 5 rings (SSSR count). The van der Waals surface area contributed by atoms with Gasteiger partial charge in [0.1, 0.15) is 0 Å². The fraction of sp³-hybridized carbons (Fsp3) is 0.100. The van der Waals surface area contributed by atoms with E-state index in [1.165, 1.54) is 36.5 Å². The highest BCUT2D eigenvalue weighted by Gasteiger charge is 2.31. The van der Waals surface area contributed by atoms with E-state index in [0.717, 1.165) is 22.9 Å².